The van der Waals surface area contributed by atoms with Gasteiger partial charge in [-0.15, -0.1) is 5.10 Å². The van der Waals surface area contributed by atoms with E-state index in [1.54, 1.807) is 6.07 Å². The summed E-state index contributed by atoms with van der Waals surface area (Å²) in [5.41, 5.74) is 3.39. The number of ether oxygens (including phenoxy) is 1. The average Bonchev–Trinajstić information content (AvgIpc) is 3.54. The normalized spacial score (nSPS) is 16.6. The van der Waals surface area contributed by atoms with Gasteiger partial charge in [0.1, 0.15) is 11.8 Å². The van der Waals surface area contributed by atoms with Gasteiger partial charge in [-0.1, -0.05) is 70.3 Å². The summed E-state index contributed by atoms with van der Waals surface area (Å²) in [5.74, 6) is -0.738. The number of nitrogens with one attached hydrogen (secondary N) is 2. The van der Waals surface area contributed by atoms with Crippen LogP contribution in [0.2, 0.25) is 15.1 Å². The van der Waals surface area contributed by atoms with Crippen molar-refractivity contribution in [3.8, 4) is 6.07 Å². The van der Waals surface area contributed by atoms with Crippen molar-refractivity contribution in [3.63, 3.8) is 0 Å². The molecule has 0 bridgehead atoms. The molecule has 2 fully saturated rings. The minimum absolute atomic E-state index is 0.0542. The summed E-state index contributed by atoms with van der Waals surface area (Å²) in [7, 11) is 0. The predicted molar refractivity (Wildman–Crippen MR) is 178 cm³/mol. The largest absolute Gasteiger partial charge is 0.378 e. The molecule has 7 rings (SSSR count). The number of halogens is 4. The summed E-state index contributed by atoms with van der Waals surface area (Å²) in [5, 5.41) is 26.4. The Kier molecular flexibility index (Phi) is 8.68. The van der Waals surface area contributed by atoms with Gasteiger partial charge in [-0.05, 0) is 42.7 Å². The van der Waals surface area contributed by atoms with Gasteiger partial charge in [0.25, 0.3) is 0 Å². The van der Waals surface area contributed by atoms with Gasteiger partial charge in [-0.2, -0.15) is 5.26 Å². The van der Waals surface area contributed by atoms with Gasteiger partial charge in [-0.25, -0.2) is 9.07 Å². The van der Waals surface area contributed by atoms with Crippen LogP contribution in [0.1, 0.15) is 41.7 Å². The third kappa shape index (κ3) is 5.97. The lowest BCUT2D eigenvalue weighted by Crippen LogP contribution is -2.51. The minimum Gasteiger partial charge on any atom is -0.378 e. The molecule has 5 aromatic rings. The van der Waals surface area contributed by atoms with Crippen molar-refractivity contribution in [3.05, 3.63) is 105 Å². The van der Waals surface area contributed by atoms with Crippen molar-refractivity contribution in [2.45, 2.75) is 31.0 Å². The molecule has 4 heterocycles. The first-order chi connectivity index (χ1) is 22.4. The fraction of sp³-hybridized carbons (Fsp3) is 0.273. The second-order valence-corrected chi connectivity index (χ2v) is 12.6. The Morgan fingerprint density at radius 2 is 1.78 bits per heavy atom. The Balaban J connectivity index is 1.22. The van der Waals surface area contributed by atoms with Crippen molar-refractivity contribution < 1.29 is 9.13 Å². The monoisotopic (exact) mass is 676 g/mol. The smallest absolute Gasteiger partial charge is 0.166 e. The van der Waals surface area contributed by atoms with Gasteiger partial charge >= 0.3 is 0 Å². The van der Waals surface area contributed by atoms with Crippen molar-refractivity contribution >= 4 is 62.8 Å². The zero-order chi connectivity index (χ0) is 31.8. The molecule has 2 aromatic heterocycles. The van der Waals surface area contributed by atoms with E-state index in [0.717, 1.165) is 50.4 Å². The van der Waals surface area contributed by atoms with Crippen LogP contribution in [-0.4, -0.2) is 57.2 Å². The predicted octanol–water partition coefficient (Wildman–Crippen LogP) is 7.78. The van der Waals surface area contributed by atoms with Crippen LogP contribution < -0.4 is 10.6 Å². The Labute approximate surface area is 279 Å². The molecule has 2 saturated heterocycles. The summed E-state index contributed by atoms with van der Waals surface area (Å²) in [4.78, 5) is 6.93. The molecule has 0 spiro atoms. The van der Waals surface area contributed by atoms with Crippen LogP contribution in [0, 0.1) is 17.1 Å². The number of anilines is 3. The molecule has 2 aliphatic rings. The lowest BCUT2D eigenvalue weighted by atomic mass is 10.0. The molecule has 46 heavy (non-hydrogen) atoms. The first kappa shape index (κ1) is 30.7. The molecule has 1 atom stereocenters. The maximum Gasteiger partial charge on any atom is 0.166 e. The van der Waals surface area contributed by atoms with Gasteiger partial charge in [0.15, 0.2) is 5.82 Å². The van der Waals surface area contributed by atoms with Gasteiger partial charge in [0.2, 0.25) is 0 Å². The minimum atomic E-state index is -0.738. The van der Waals surface area contributed by atoms with Crippen LogP contribution in [0.5, 0.6) is 0 Å². The van der Waals surface area contributed by atoms with Gasteiger partial charge in [-0.3, -0.25) is 9.88 Å². The van der Waals surface area contributed by atoms with Crippen LogP contribution in [-0.2, 0) is 4.74 Å². The third-order valence-electron chi connectivity index (χ3n) is 8.62. The van der Waals surface area contributed by atoms with E-state index in [2.05, 4.69) is 36.9 Å². The molecule has 9 nitrogen and oxygen atoms in total. The number of hydrogen-bond acceptors (Lipinski definition) is 8. The zero-order valence-corrected chi connectivity index (χ0v) is 26.7. The lowest BCUT2D eigenvalue weighted by Gasteiger charge is -2.41. The second-order valence-electron chi connectivity index (χ2n) is 11.4. The highest BCUT2D eigenvalue weighted by Crippen LogP contribution is 2.39. The number of likely N-dealkylation sites (tertiary alicyclic amines) is 1. The van der Waals surface area contributed by atoms with Crippen molar-refractivity contribution in [2.24, 2.45) is 0 Å². The van der Waals surface area contributed by atoms with Crippen LogP contribution in [0.4, 0.5) is 21.5 Å². The molecule has 0 saturated carbocycles. The Morgan fingerprint density at radius 3 is 2.50 bits per heavy atom. The Bertz CT molecular complexity index is 1940. The van der Waals surface area contributed by atoms with E-state index < -0.39 is 5.82 Å². The van der Waals surface area contributed by atoms with Crippen molar-refractivity contribution in [1.29, 1.82) is 5.26 Å². The maximum absolute atomic E-state index is 15.1. The topological polar surface area (TPSA) is 104 Å². The fourth-order valence-electron chi connectivity index (χ4n) is 6.01. The Hall–Kier alpha value is -3.98. The molecule has 0 aliphatic carbocycles. The standard InChI is InChI=1S/C33H28Cl3FN8O/c34-25-6-7-27(30(37)29(25)36)41-31-20(14-38)15-39-33-24(31)12-21(13-26(33)35)40-32(19-4-2-1-3-5-19)28-16-45(43-42-28)22-8-10-44(11-9-22)23-17-46-18-23/h1-7,12-13,15-16,22-23,32,40H,8-11,17-18H2,(H,39,41). The molecular formula is C33H28Cl3FN8O. The van der Waals surface area contributed by atoms with Crippen LogP contribution in [0.3, 0.4) is 0 Å². The van der Waals surface area contributed by atoms with Crippen molar-refractivity contribution in [1.82, 2.24) is 24.9 Å². The van der Waals surface area contributed by atoms with E-state index in [4.69, 9.17) is 39.5 Å². The van der Waals surface area contributed by atoms with Crippen LogP contribution in [0.25, 0.3) is 10.9 Å². The first-order valence-electron chi connectivity index (χ1n) is 14.9. The quantitative estimate of drug-likeness (QED) is 0.161. The second kappa shape index (κ2) is 13.0. The van der Waals surface area contributed by atoms with E-state index in [1.807, 2.05) is 47.3 Å². The van der Waals surface area contributed by atoms with Gasteiger partial charge in [0.05, 0.1) is 75.1 Å². The first-order valence-corrected chi connectivity index (χ1v) is 16.0. The molecule has 13 heteroatoms. The number of nitrogens with zero attached hydrogens (tertiary/aromatic N) is 6. The SMILES string of the molecule is N#Cc1cnc2c(Cl)cc(NC(c3ccccc3)c3cn(C4CCN(C5COC5)CC4)nn3)cc2c1Nc1ccc(Cl)c(Cl)c1F. The molecule has 3 aromatic carbocycles. The molecular weight excluding hydrogens is 650 g/mol. The molecule has 2 N–H and O–H groups in total. The van der Waals surface area contributed by atoms with Crippen LogP contribution >= 0.6 is 34.8 Å². The number of fused-ring (bicyclic) bond motifs is 1. The molecule has 2 aliphatic heterocycles. The number of rotatable bonds is 8. The summed E-state index contributed by atoms with van der Waals surface area (Å²) >= 11 is 18.8. The molecule has 1 unspecified atom stereocenters. The molecule has 0 radical (unpaired) electrons. The van der Waals surface area contributed by atoms with E-state index in [1.165, 1.54) is 18.3 Å². The van der Waals surface area contributed by atoms with E-state index in [0.29, 0.717) is 33.3 Å². The number of piperidine rings is 1. The number of hydrogen-bond donors (Lipinski definition) is 2. The number of pyridine rings is 1. The highest BCUT2D eigenvalue weighted by molar-refractivity contribution is 6.42. The van der Waals surface area contributed by atoms with Crippen LogP contribution in [0.15, 0.2) is 67.0 Å². The highest BCUT2D eigenvalue weighted by Gasteiger charge is 2.31. The summed E-state index contributed by atoms with van der Waals surface area (Å²) in [6.45, 7) is 3.65. The summed E-state index contributed by atoms with van der Waals surface area (Å²) in [6.07, 6.45) is 5.39. The highest BCUT2D eigenvalue weighted by atomic mass is 35.5. The fourth-order valence-corrected chi connectivity index (χ4v) is 6.59. The van der Waals surface area contributed by atoms with E-state index >= 15 is 4.39 Å². The van der Waals surface area contributed by atoms with Gasteiger partial charge in [0, 0.05) is 30.4 Å². The number of nitriles is 1. The lowest BCUT2D eigenvalue weighted by molar-refractivity contribution is -0.0734. The maximum atomic E-state index is 15.1. The third-order valence-corrected chi connectivity index (χ3v) is 9.69. The average molecular weight is 678 g/mol. The number of benzene rings is 3. The molecule has 234 valence electrons. The van der Waals surface area contributed by atoms with E-state index in [-0.39, 0.29) is 33.4 Å². The zero-order valence-electron chi connectivity index (χ0n) is 24.4. The summed E-state index contributed by atoms with van der Waals surface area (Å²) in [6, 6.07) is 19.0. The van der Waals surface area contributed by atoms with E-state index in [9.17, 15) is 5.26 Å². The molecule has 0 amide bonds. The van der Waals surface area contributed by atoms with Crippen molar-refractivity contribution in [2.75, 3.05) is 36.9 Å². The number of aromatic nitrogens is 4. The van der Waals surface area contributed by atoms with Gasteiger partial charge < -0.3 is 15.4 Å². The Morgan fingerprint density at radius 1 is 1.00 bits per heavy atom. The summed E-state index contributed by atoms with van der Waals surface area (Å²) < 4.78 is 22.4.